The van der Waals surface area contributed by atoms with E-state index in [1.807, 2.05) is 43.3 Å². The first-order chi connectivity index (χ1) is 13.8. The second-order valence-corrected chi connectivity index (χ2v) is 8.07. The molecule has 0 saturated heterocycles. The summed E-state index contributed by atoms with van der Waals surface area (Å²) in [5, 5.41) is 7.18. The lowest BCUT2D eigenvalue weighted by Crippen LogP contribution is -2.46. The SMILES string of the molecule is CC(C)[C@H](NC(=O)c1cccs1)C(=O)OCC(=O)NCc1ccc(N(C)C)cc1. The van der Waals surface area contributed by atoms with Crippen molar-refractivity contribution in [2.45, 2.75) is 26.4 Å². The van der Waals surface area contributed by atoms with Gasteiger partial charge in [0.25, 0.3) is 11.8 Å². The summed E-state index contributed by atoms with van der Waals surface area (Å²) in [7, 11) is 3.91. The average molecular weight is 418 g/mol. The van der Waals surface area contributed by atoms with Gasteiger partial charge in [-0.05, 0) is 35.1 Å². The summed E-state index contributed by atoms with van der Waals surface area (Å²) < 4.78 is 5.12. The van der Waals surface area contributed by atoms with E-state index >= 15 is 0 Å². The summed E-state index contributed by atoms with van der Waals surface area (Å²) in [6.07, 6.45) is 0. The predicted molar refractivity (Wildman–Crippen MR) is 114 cm³/mol. The van der Waals surface area contributed by atoms with E-state index < -0.39 is 24.5 Å². The number of rotatable bonds is 9. The summed E-state index contributed by atoms with van der Waals surface area (Å²) in [6, 6.07) is 10.4. The van der Waals surface area contributed by atoms with E-state index in [0.717, 1.165) is 11.3 Å². The van der Waals surface area contributed by atoms with E-state index in [0.29, 0.717) is 11.4 Å². The van der Waals surface area contributed by atoms with Crippen LogP contribution in [-0.4, -0.2) is 44.5 Å². The van der Waals surface area contributed by atoms with Crippen molar-refractivity contribution in [3.63, 3.8) is 0 Å². The molecule has 1 aromatic heterocycles. The maximum atomic E-state index is 12.4. The number of carbonyl (C=O) groups excluding carboxylic acids is 3. The van der Waals surface area contributed by atoms with Crippen molar-refractivity contribution in [3.05, 3.63) is 52.2 Å². The molecule has 0 aliphatic carbocycles. The van der Waals surface area contributed by atoms with Gasteiger partial charge >= 0.3 is 5.97 Å². The Balaban J connectivity index is 1.80. The third kappa shape index (κ3) is 6.90. The zero-order valence-electron chi connectivity index (χ0n) is 17.1. The van der Waals surface area contributed by atoms with E-state index in [1.54, 1.807) is 31.4 Å². The molecule has 7 nitrogen and oxygen atoms in total. The lowest BCUT2D eigenvalue weighted by Gasteiger charge is -2.20. The number of benzene rings is 1. The number of thiophene rings is 1. The molecule has 0 aliphatic rings. The predicted octanol–water partition coefficient (Wildman–Crippen LogP) is 2.43. The van der Waals surface area contributed by atoms with Gasteiger partial charge in [-0.1, -0.05) is 32.0 Å². The monoisotopic (exact) mass is 417 g/mol. The Bertz CT molecular complexity index is 817. The molecule has 156 valence electrons. The van der Waals surface area contributed by atoms with Crippen LogP contribution in [-0.2, 0) is 20.9 Å². The molecule has 2 N–H and O–H groups in total. The van der Waals surface area contributed by atoms with Crippen LogP contribution in [0.3, 0.4) is 0 Å². The number of esters is 1. The maximum Gasteiger partial charge on any atom is 0.329 e. The molecule has 0 aliphatic heterocycles. The van der Waals surface area contributed by atoms with Crippen LogP contribution in [0.25, 0.3) is 0 Å². The van der Waals surface area contributed by atoms with Gasteiger partial charge in [-0.2, -0.15) is 0 Å². The first kappa shape index (κ1) is 22.4. The fraction of sp³-hybridized carbons (Fsp3) is 0.381. The quantitative estimate of drug-likeness (QED) is 0.612. The molecule has 29 heavy (non-hydrogen) atoms. The molecule has 0 bridgehead atoms. The summed E-state index contributed by atoms with van der Waals surface area (Å²) in [6.45, 7) is 3.55. The number of amides is 2. The van der Waals surface area contributed by atoms with Crippen molar-refractivity contribution < 1.29 is 19.1 Å². The summed E-state index contributed by atoms with van der Waals surface area (Å²) in [4.78, 5) is 39.1. The molecular formula is C21H27N3O4S. The van der Waals surface area contributed by atoms with Crippen molar-refractivity contribution in [2.24, 2.45) is 5.92 Å². The van der Waals surface area contributed by atoms with Crippen LogP contribution in [0.1, 0.15) is 29.1 Å². The Morgan fingerprint density at radius 3 is 2.34 bits per heavy atom. The number of anilines is 1. The molecule has 2 amide bonds. The van der Waals surface area contributed by atoms with Gasteiger partial charge in [0.05, 0.1) is 4.88 Å². The molecule has 0 spiro atoms. The molecule has 2 aromatic rings. The van der Waals surface area contributed by atoms with Gasteiger partial charge in [0.15, 0.2) is 6.61 Å². The van der Waals surface area contributed by atoms with Crippen LogP contribution >= 0.6 is 11.3 Å². The lowest BCUT2D eigenvalue weighted by molar-refractivity contribution is -0.151. The molecule has 8 heteroatoms. The second-order valence-electron chi connectivity index (χ2n) is 7.12. The summed E-state index contributed by atoms with van der Waals surface area (Å²) in [5.74, 6) is -1.54. The van der Waals surface area contributed by atoms with Gasteiger partial charge in [-0.15, -0.1) is 11.3 Å². The lowest BCUT2D eigenvalue weighted by atomic mass is 10.0. The number of ether oxygens (including phenoxy) is 1. The van der Waals surface area contributed by atoms with Gasteiger partial charge < -0.3 is 20.3 Å². The van der Waals surface area contributed by atoms with Crippen LogP contribution in [0, 0.1) is 5.92 Å². The Morgan fingerprint density at radius 2 is 1.79 bits per heavy atom. The smallest absolute Gasteiger partial charge is 0.329 e. The van der Waals surface area contributed by atoms with Crippen LogP contribution in [0.5, 0.6) is 0 Å². The minimum Gasteiger partial charge on any atom is -0.454 e. The van der Waals surface area contributed by atoms with Gasteiger partial charge in [0.1, 0.15) is 6.04 Å². The largest absolute Gasteiger partial charge is 0.454 e. The first-order valence-corrected chi connectivity index (χ1v) is 10.2. The van der Waals surface area contributed by atoms with Gasteiger partial charge in [0.2, 0.25) is 0 Å². The van der Waals surface area contributed by atoms with E-state index in [9.17, 15) is 14.4 Å². The number of hydrogen-bond donors (Lipinski definition) is 2. The molecular weight excluding hydrogens is 390 g/mol. The highest BCUT2D eigenvalue weighted by Gasteiger charge is 2.27. The van der Waals surface area contributed by atoms with Crippen molar-refractivity contribution in [1.29, 1.82) is 0 Å². The van der Waals surface area contributed by atoms with Gasteiger partial charge in [-0.25, -0.2) is 4.79 Å². The fourth-order valence-corrected chi connectivity index (χ4v) is 3.13. The molecule has 1 atom stereocenters. The van der Waals surface area contributed by atoms with Gasteiger partial charge in [0, 0.05) is 26.3 Å². The summed E-state index contributed by atoms with van der Waals surface area (Å²) in [5.41, 5.74) is 2.01. The number of nitrogens with zero attached hydrogens (tertiary/aromatic N) is 1. The Morgan fingerprint density at radius 1 is 1.10 bits per heavy atom. The third-order valence-electron chi connectivity index (χ3n) is 4.24. The molecule has 1 aromatic carbocycles. The molecule has 0 saturated carbocycles. The highest BCUT2D eigenvalue weighted by atomic mass is 32.1. The molecule has 0 unspecified atom stereocenters. The molecule has 2 rings (SSSR count). The molecule has 0 radical (unpaired) electrons. The third-order valence-corrected chi connectivity index (χ3v) is 5.11. The molecule has 0 fully saturated rings. The van der Waals surface area contributed by atoms with Crippen molar-refractivity contribution in [2.75, 3.05) is 25.6 Å². The minimum atomic E-state index is -0.823. The first-order valence-electron chi connectivity index (χ1n) is 9.32. The Kier molecular flexibility index (Phi) is 8.21. The average Bonchev–Trinajstić information content (AvgIpc) is 3.23. The summed E-state index contributed by atoms with van der Waals surface area (Å²) >= 11 is 1.29. The van der Waals surface area contributed by atoms with Crippen LogP contribution in [0.4, 0.5) is 5.69 Å². The normalized spacial score (nSPS) is 11.6. The van der Waals surface area contributed by atoms with Crippen molar-refractivity contribution >= 4 is 34.8 Å². The van der Waals surface area contributed by atoms with Crippen molar-refractivity contribution in [1.82, 2.24) is 10.6 Å². The van der Waals surface area contributed by atoms with Crippen LogP contribution in [0.2, 0.25) is 0 Å². The molecule has 1 heterocycles. The van der Waals surface area contributed by atoms with Gasteiger partial charge in [-0.3, -0.25) is 9.59 Å². The van der Waals surface area contributed by atoms with E-state index in [4.69, 9.17) is 4.74 Å². The van der Waals surface area contributed by atoms with E-state index in [-0.39, 0.29) is 11.8 Å². The zero-order chi connectivity index (χ0) is 21.4. The van der Waals surface area contributed by atoms with E-state index in [2.05, 4.69) is 10.6 Å². The number of carbonyl (C=O) groups is 3. The van der Waals surface area contributed by atoms with Crippen molar-refractivity contribution in [3.8, 4) is 0 Å². The highest BCUT2D eigenvalue weighted by Crippen LogP contribution is 2.12. The standard InChI is InChI=1S/C21H27N3O4S/c1-14(2)19(23-20(26)17-6-5-11-29-17)21(27)28-13-18(25)22-12-15-7-9-16(10-8-15)24(3)4/h5-11,14,19H,12-13H2,1-4H3,(H,22,25)(H,23,26)/t19-/m0/s1. The van der Waals surface area contributed by atoms with Crippen LogP contribution < -0.4 is 15.5 Å². The van der Waals surface area contributed by atoms with E-state index in [1.165, 1.54) is 11.3 Å². The second kappa shape index (κ2) is 10.6. The number of hydrogen-bond acceptors (Lipinski definition) is 6. The fourth-order valence-electron chi connectivity index (χ4n) is 2.51. The highest BCUT2D eigenvalue weighted by molar-refractivity contribution is 7.12. The Hall–Kier alpha value is -2.87. The zero-order valence-corrected chi connectivity index (χ0v) is 17.9. The Labute approximate surface area is 175 Å². The minimum absolute atomic E-state index is 0.176. The number of nitrogens with one attached hydrogen (secondary N) is 2. The topological polar surface area (TPSA) is 87.7 Å². The van der Waals surface area contributed by atoms with Crippen LogP contribution in [0.15, 0.2) is 41.8 Å². The maximum absolute atomic E-state index is 12.4.